The molecule has 42 heavy (non-hydrogen) atoms. The Hall–Kier alpha value is -3.02. The maximum Gasteiger partial charge on any atom is 0.280 e. The number of aryl methyl sites for hydroxylation is 1. The second-order valence-corrected chi connectivity index (χ2v) is 18.9. The molecule has 3 aromatic rings. The molecule has 9 nitrogen and oxygen atoms in total. The number of H-pyrrole nitrogens is 1. The van der Waals surface area contributed by atoms with E-state index in [1.807, 2.05) is 50.5 Å². The van der Waals surface area contributed by atoms with E-state index in [-0.39, 0.29) is 29.2 Å². The SMILES string of the molecule is Cc1ncsc1-c1ccc([C@@H](CO[Si](C)(C)C(C)(C)C)C2(C(N)=O)CCCN2C(=O)C(c2cc(=O)[nH]o2)C(C)C)cc1. The quantitative estimate of drug-likeness (QED) is 0.279. The predicted molar refractivity (Wildman–Crippen MR) is 168 cm³/mol. The molecule has 4 rings (SSSR count). The maximum atomic E-state index is 14.4. The number of nitrogens with two attached hydrogens (primary N) is 1. The van der Waals surface area contributed by atoms with Gasteiger partial charge in [0.05, 0.1) is 16.1 Å². The van der Waals surface area contributed by atoms with Crippen LogP contribution < -0.4 is 11.3 Å². The molecule has 11 heteroatoms. The van der Waals surface area contributed by atoms with Crippen molar-refractivity contribution in [2.24, 2.45) is 11.7 Å². The molecule has 3 atom stereocenters. The Balaban J connectivity index is 1.82. The number of nitrogens with zero attached hydrogens (tertiary/aromatic N) is 2. The molecule has 0 bridgehead atoms. The Bertz CT molecular complexity index is 1470. The Morgan fingerprint density at radius 1 is 1.24 bits per heavy atom. The van der Waals surface area contributed by atoms with Crippen LogP contribution in [0.5, 0.6) is 0 Å². The van der Waals surface area contributed by atoms with E-state index in [1.165, 1.54) is 6.07 Å². The van der Waals surface area contributed by atoms with Crippen LogP contribution in [-0.4, -0.2) is 53.9 Å². The number of primary amides is 1. The summed E-state index contributed by atoms with van der Waals surface area (Å²) in [5.74, 6) is -2.02. The Morgan fingerprint density at radius 3 is 2.40 bits per heavy atom. The summed E-state index contributed by atoms with van der Waals surface area (Å²) in [7, 11) is -2.24. The number of nitrogens with one attached hydrogen (secondary N) is 1. The van der Waals surface area contributed by atoms with Gasteiger partial charge in [0.1, 0.15) is 11.5 Å². The minimum atomic E-state index is -2.24. The van der Waals surface area contributed by atoms with Gasteiger partial charge in [0, 0.05) is 25.1 Å². The van der Waals surface area contributed by atoms with Crippen molar-refractivity contribution in [2.45, 2.75) is 89.9 Å². The van der Waals surface area contributed by atoms with E-state index in [9.17, 15) is 14.4 Å². The van der Waals surface area contributed by atoms with E-state index in [0.29, 0.717) is 19.4 Å². The summed E-state index contributed by atoms with van der Waals surface area (Å²) in [4.78, 5) is 47.1. The minimum Gasteiger partial charge on any atom is -0.416 e. The molecule has 2 unspecified atom stereocenters. The monoisotopic (exact) mass is 612 g/mol. The van der Waals surface area contributed by atoms with Crippen molar-refractivity contribution in [3.8, 4) is 10.4 Å². The topological polar surface area (TPSA) is 132 Å². The summed E-state index contributed by atoms with van der Waals surface area (Å²) < 4.78 is 12.2. The number of aromatic amines is 1. The number of carbonyl (C=O) groups is 2. The summed E-state index contributed by atoms with van der Waals surface area (Å²) in [6.07, 6.45) is 1.03. The van der Waals surface area contributed by atoms with Gasteiger partial charge in [0.2, 0.25) is 11.8 Å². The highest BCUT2D eigenvalue weighted by atomic mass is 32.1. The Morgan fingerprint density at radius 2 is 1.90 bits per heavy atom. The molecule has 0 saturated carbocycles. The van der Waals surface area contributed by atoms with Crippen LogP contribution in [0.4, 0.5) is 0 Å². The van der Waals surface area contributed by atoms with Crippen molar-refractivity contribution >= 4 is 31.5 Å². The first kappa shape index (κ1) is 31.9. The molecular formula is C31H44N4O5SSi. The van der Waals surface area contributed by atoms with Crippen molar-refractivity contribution in [2.75, 3.05) is 13.2 Å². The lowest BCUT2D eigenvalue weighted by Crippen LogP contribution is -2.62. The van der Waals surface area contributed by atoms with Crippen LogP contribution in [0.3, 0.4) is 0 Å². The molecule has 0 radical (unpaired) electrons. The molecule has 1 aromatic carbocycles. The van der Waals surface area contributed by atoms with Gasteiger partial charge in [-0.15, -0.1) is 11.3 Å². The molecule has 2 amide bonds. The van der Waals surface area contributed by atoms with E-state index in [4.69, 9.17) is 14.7 Å². The van der Waals surface area contributed by atoms with Gasteiger partial charge in [0.25, 0.3) is 5.56 Å². The van der Waals surface area contributed by atoms with Crippen LogP contribution in [0.25, 0.3) is 10.4 Å². The van der Waals surface area contributed by atoms with Gasteiger partial charge in [0.15, 0.2) is 14.1 Å². The minimum absolute atomic E-state index is 0.0509. The number of carbonyl (C=O) groups excluding carboxylic acids is 2. The van der Waals surface area contributed by atoms with E-state index in [1.54, 1.807) is 16.2 Å². The molecule has 2 aromatic heterocycles. The zero-order chi connectivity index (χ0) is 31.0. The molecule has 3 heterocycles. The highest BCUT2D eigenvalue weighted by Crippen LogP contribution is 2.46. The third-order valence-corrected chi connectivity index (χ3v) is 14.7. The average molecular weight is 613 g/mol. The number of likely N-dealkylation sites (tertiary alicyclic amines) is 1. The Labute approximate surface area is 253 Å². The van der Waals surface area contributed by atoms with Crippen molar-refractivity contribution in [1.29, 1.82) is 0 Å². The molecular weight excluding hydrogens is 569 g/mol. The smallest absolute Gasteiger partial charge is 0.280 e. The fourth-order valence-electron chi connectivity index (χ4n) is 5.76. The number of hydrogen-bond donors (Lipinski definition) is 2. The molecule has 1 aliphatic rings. The first-order chi connectivity index (χ1) is 19.6. The summed E-state index contributed by atoms with van der Waals surface area (Å²) in [6.45, 7) is 17.3. The van der Waals surface area contributed by atoms with Crippen molar-refractivity contribution in [3.05, 3.63) is 63.2 Å². The summed E-state index contributed by atoms with van der Waals surface area (Å²) in [5.41, 5.74) is 9.29. The number of amides is 2. The highest BCUT2D eigenvalue weighted by molar-refractivity contribution is 7.13. The summed E-state index contributed by atoms with van der Waals surface area (Å²) in [6, 6.07) is 9.42. The van der Waals surface area contributed by atoms with Crippen LogP contribution in [0.15, 0.2) is 45.2 Å². The fourth-order valence-corrected chi connectivity index (χ4v) is 7.58. The van der Waals surface area contributed by atoms with Gasteiger partial charge in [-0.3, -0.25) is 14.4 Å². The zero-order valence-corrected chi connectivity index (χ0v) is 27.8. The fraction of sp³-hybridized carbons (Fsp3) is 0.548. The maximum absolute atomic E-state index is 14.4. The largest absolute Gasteiger partial charge is 0.416 e. The molecule has 1 fully saturated rings. The second kappa shape index (κ2) is 11.9. The number of hydrogen-bond acceptors (Lipinski definition) is 7. The lowest BCUT2D eigenvalue weighted by Gasteiger charge is -2.45. The number of aromatic nitrogens is 2. The van der Waals surface area contributed by atoms with Gasteiger partial charge in [-0.05, 0) is 54.9 Å². The molecule has 0 spiro atoms. The van der Waals surface area contributed by atoms with Gasteiger partial charge in [-0.2, -0.15) is 5.16 Å². The summed E-state index contributed by atoms with van der Waals surface area (Å²) in [5, 5.41) is 2.25. The lowest BCUT2D eigenvalue weighted by atomic mass is 9.76. The predicted octanol–water partition coefficient (Wildman–Crippen LogP) is 5.79. The van der Waals surface area contributed by atoms with Crippen LogP contribution in [0.2, 0.25) is 18.1 Å². The van der Waals surface area contributed by atoms with Crippen LogP contribution >= 0.6 is 11.3 Å². The second-order valence-electron chi connectivity index (χ2n) is 13.2. The van der Waals surface area contributed by atoms with Gasteiger partial charge < -0.3 is 19.6 Å². The van der Waals surface area contributed by atoms with Gasteiger partial charge >= 0.3 is 0 Å². The van der Waals surface area contributed by atoms with E-state index in [2.05, 4.69) is 44.0 Å². The average Bonchev–Trinajstić information content (AvgIpc) is 3.64. The van der Waals surface area contributed by atoms with Gasteiger partial charge in [-0.1, -0.05) is 58.9 Å². The molecule has 0 aliphatic carbocycles. The zero-order valence-electron chi connectivity index (χ0n) is 25.9. The van der Waals surface area contributed by atoms with Crippen molar-refractivity contribution in [1.82, 2.24) is 15.0 Å². The lowest BCUT2D eigenvalue weighted by molar-refractivity contribution is -0.148. The molecule has 1 saturated heterocycles. The van der Waals surface area contributed by atoms with Crippen LogP contribution in [0.1, 0.15) is 76.3 Å². The van der Waals surface area contributed by atoms with E-state index in [0.717, 1.165) is 21.7 Å². The highest BCUT2D eigenvalue weighted by Gasteiger charge is 2.56. The molecule has 1 aliphatic heterocycles. The number of rotatable bonds is 10. The first-order valence-electron chi connectivity index (χ1n) is 14.5. The molecule has 228 valence electrons. The van der Waals surface area contributed by atoms with Crippen molar-refractivity contribution in [3.63, 3.8) is 0 Å². The molecule has 3 N–H and O–H groups in total. The Kier molecular flexibility index (Phi) is 9.06. The third-order valence-electron chi connectivity index (χ3n) is 9.21. The standard InChI is InChI=1S/C31H44N4O5SSi/c1-19(2)26(24-16-25(36)34-40-24)28(37)35-15-9-14-31(35,29(32)38)23(17-39-42(7,8)30(4,5)6)21-10-12-22(13-11-21)27-20(3)33-18-41-27/h10-13,16,18-19,23,26H,9,14-15,17H2,1-8H3,(H2,32,38)(H,34,36)/t23-,26?,31?/m1/s1. The summed E-state index contributed by atoms with van der Waals surface area (Å²) >= 11 is 1.58. The number of benzene rings is 1. The normalized spacial score (nSPS) is 19.3. The van der Waals surface area contributed by atoms with Gasteiger partial charge in [-0.25, -0.2) is 4.98 Å². The van der Waals surface area contributed by atoms with Crippen LogP contribution in [-0.2, 0) is 14.0 Å². The van der Waals surface area contributed by atoms with Crippen LogP contribution in [0, 0.1) is 12.8 Å². The third kappa shape index (κ3) is 5.91. The van der Waals surface area contributed by atoms with E-state index >= 15 is 0 Å². The number of thiazole rings is 1. The van der Waals surface area contributed by atoms with E-state index < -0.39 is 37.2 Å². The van der Waals surface area contributed by atoms with Crippen molar-refractivity contribution < 1.29 is 18.5 Å². The first-order valence-corrected chi connectivity index (χ1v) is 18.3.